The fourth-order valence-electron chi connectivity index (χ4n) is 3.63. The number of ether oxygens (including phenoxy) is 1. The lowest BCUT2D eigenvalue weighted by Crippen LogP contribution is -2.20. The maximum Gasteiger partial charge on any atom is 0.416 e. The van der Waals surface area contributed by atoms with Gasteiger partial charge in [-0.1, -0.05) is 48.0 Å². The van der Waals surface area contributed by atoms with Gasteiger partial charge in [0.05, 0.1) is 23.4 Å². The Hall–Kier alpha value is -3.95. The van der Waals surface area contributed by atoms with Gasteiger partial charge in [-0.3, -0.25) is 9.59 Å². The number of methoxy groups -OCH3 is 1. The number of rotatable bonds is 8. The van der Waals surface area contributed by atoms with E-state index in [1.54, 1.807) is 78.9 Å². The molecule has 0 aliphatic carbocycles. The summed E-state index contributed by atoms with van der Waals surface area (Å²) < 4.78 is 44.8. The van der Waals surface area contributed by atoms with E-state index >= 15 is 0 Å². The Kier molecular flexibility index (Phi) is 8.83. The smallest absolute Gasteiger partial charge is 0.416 e. The van der Waals surface area contributed by atoms with Crippen LogP contribution in [0.25, 0.3) is 0 Å². The molecule has 5 nitrogen and oxygen atoms in total. The molecule has 2 N–H and O–H groups in total. The third-order valence-corrected chi connectivity index (χ3v) is 7.17. The number of amides is 2. The van der Waals surface area contributed by atoms with Crippen LogP contribution >= 0.6 is 23.4 Å². The zero-order chi connectivity index (χ0) is 28.0. The minimum absolute atomic E-state index is 0.0172. The molecule has 0 bridgehead atoms. The lowest BCUT2D eigenvalue weighted by molar-refractivity contribution is -0.137. The molecule has 4 aromatic carbocycles. The van der Waals surface area contributed by atoms with E-state index in [-0.39, 0.29) is 16.6 Å². The van der Waals surface area contributed by atoms with Crippen molar-refractivity contribution in [3.05, 3.63) is 119 Å². The van der Waals surface area contributed by atoms with Crippen LogP contribution in [0.4, 0.5) is 24.5 Å². The Morgan fingerprint density at radius 3 is 2.26 bits per heavy atom. The van der Waals surface area contributed by atoms with Gasteiger partial charge in [-0.15, -0.1) is 11.8 Å². The summed E-state index contributed by atoms with van der Waals surface area (Å²) in [6, 6.07) is 25.2. The van der Waals surface area contributed by atoms with E-state index in [2.05, 4.69) is 10.6 Å². The fourth-order valence-corrected chi connectivity index (χ4v) is 4.87. The Morgan fingerprint density at radius 2 is 1.59 bits per heavy atom. The summed E-state index contributed by atoms with van der Waals surface area (Å²) in [4.78, 5) is 26.7. The van der Waals surface area contributed by atoms with E-state index in [1.807, 2.05) is 0 Å². The van der Waals surface area contributed by atoms with Crippen molar-refractivity contribution in [2.45, 2.75) is 16.3 Å². The van der Waals surface area contributed by atoms with Crippen LogP contribution in [0.5, 0.6) is 5.75 Å². The fraction of sp³-hybridized carbons (Fsp3) is 0.103. The van der Waals surface area contributed by atoms with Gasteiger partial charge in [0, 0.05) is 16.1 Å². The number of thioether (sulfide) groups is 1. The van der Waals surface area contributed by atoms with Crippen molar-refractivity contribution in [1.29, 1.82) is 0 Å². The second-order valence-corrected chi connectivity index (χ2v) is 9.89. The highest BCUT2D eigenvalue weighted by atomic mass is 35.5. The van der Waals surface area contributed by atoms with Crippen molar-refractivity contribution in [2.75, 3.05) is 17.7 Å². The van der Waals surface area contributed by atoms with Crippen LogP contribution in [0.3, 0.4) is 0 Å². The quantitative estimate of drug-likeness (QED) is 0.210. The lowest BCUT2D eigenvalue weighted by Gasteiger charge is -2.19. The summed E-state index contributed by atoms with van der Waals surface area (Å²) in [5, 5.41) is 4.53. The standard InChI is InChI=1S/C29H22ClF3N2O3S/c1-38-22-13-10-19(11-14-22)27(36)34-21-8-5-9-23(17-21)39-26(18-6-3-2-4-7-18)28(37)35-25-16-20(29(31,32)33)12-15-24(25)30/h2-17,26H,1H3,(H,34,36)(H,35,37). The van der Waals surface area contributed by atoms with Crippen molar-refractivity contribution in [3.8, 4) is 5.75 Å². The number of halogens is 4. The minimum atomic E-state index is -4.59. The van der Waals surface area contributed by atoms with Gasteiger partial charge in [0.25, 0.3) is 5.91 Å². The van der Waals surface area contributed by atoms with Crippen LogP contribution in [0, 0.1) is 0 Å². The Bertz CT molecular complexity index is 1470. The molecule has 0 aromatic heterocycles. The van der Waals surface area contributed by atoms with Crippen LogP contribution in [-0.2, 0) is 11.0 Å². The van der Waals surface area contributed by atoms with E-state index in [0.717, 1.165) is 18.2 Å². The van der Waals surface area contributed by atoms with Crippen molar-refractivity contribution in [1.82, 2.24) is 0 Å². The first-order chi connectivity index (χ1) is 18.6. The van der Waals surface area contributed by atoms with Crippen LogP contribution in [0.1, 0.15) is 26.7 Å². The van der Waals surface area contributed by atoms with Crippen molar-refractivity contribution < 1.29 is 27.5 Å². The first-order valence-electron chi connectivity index (χ1n) is 11.6. The number of hydrogen-bond acceptors (Lipinski definition) is 4. The highest BCUT2D eigenvalue weighted by Gasteiger charge is 2.31. The summed E-state index contributed by atoms with van der Waals surface area (Å²) in [6.07, 6.45) is -4.59. The number of alkyl halides is 3. The highest BCUT2D eigenvalue weighted by molar-refractivity contribution is 8.00. The number of carbonyl (C=O) groups is 2. The number of benzene rings is 4. The topological polar surface area (TPSA) is 67.4 Å². The molecule has 4 rings (SSSR count). The first-order valence-corrected chi connectivity index (χ1v) is 12.8. The molecule has 1 unspecified atom stereocenters. The van der Waals surface area contributed by atoms with Crippen LogP contribution in [0.15, 0.2) is 102 Å². The molecule has 2 amide bonds. The van der Waals surface area contributed by atoms with E-state index in [4.69, 9.17) is 16.3 Å². The summed E-state index contributed by atoms with van der Waals surface area (Å²) in [6.45, 7) is 0. The highest BCUT2D eigenvalue weighted by Crippen LogP contribution is 2.39. The zero-order valence-corrected chi connectivity index (χ0v) is 22.0. The molecular formula is C29H22ClF3N2O3S. The average Bonchev–Trinajstić information content (AvgIpc) is 2.93. The van der Waals surface area contributed by atoms with Gasteiger partial charge < -0.3 is 15.4 Å². The Morgan fingerprint density at radius 1 is 0.872 bits per heavy atom. The molecule has 0 radical (unpaired) electrons. The summed E-state index contributed by atoms with van der Waals surface area (Å²) >= 11 is 7.28. The molecule has 0 heterocycles. The summed E-state index contributed by atoms with van der Waals surface area (Å²) in [7, 11) is 1.54. The molecule has 0 saturated carbocycles. The maximum absolute atomic E-state index is 13.4. The van der Waals surface area contributed by atoms with Gasteiger partial charge >= 0.3 is 6.18 Å². The third-order valence-electron chi connectivity index (χ3n) is 5.59. The zero-order valence-electron chi connectivity index (χ0n) is 20.5. The molecule has 0 aliphatic rings. The van der Waals surface area contributed by atoms with Gasteiger partial charge in [-0.2, -0.15) is 13.2 Å². The lowest BCUT2D eigenvalue weighted by atomic mass is 10.1. The Balaban J connectivity index is 1.56. The number of nitrogens with one attached hydrogen (secondary N) is 2. The molecule has 4 aromatic rings. The third kappa shape index (κ3) is 7.34. The van der Waals surface area contributed by atoms with Crippen LogP contribution < -0.4 is 15.4 Å². The number of carbonyl (C=O) groups excluding carboxylic acids is 2. The number of anilines is 2. The number of hydrogen-bond donors (Lipinski definition) is 2. The van der Waals surface area contributed by atoms with E-state index in [0.29, 0.717) is 27.5 Å². The maximum atomic E-state index is 13.4. The molecule has 10 heteroatoms. The summed E-state index contributed by atoms with van der Waals surface area (Å²) in [5.41, 5.74) is 0.517. The molecule has 0 spiro atoms. The van der Waals surface area contributed by atoms with E-state index in [9.17, 15) is 22.8 Å². The molecule has 0 saturated heterocycles. The van der Waals surface area contributed by atoms with Gasteiger partial charge in [-0.25, -0.2) is 0 Å². The second kappa shape index (κ2) is 12.3. The van der Waals surface area contributed by atoms with E-state index < -0.39 is 22.9 Å². The predicted octanol–water partition coefficient (Wildman–Crippen LogP) is 8.09. The predicted molar refractivity (Wildman–Crippen MR) is 148 cm³/mol. The molecular weight excluding hydrogens is 549 g/mol. The molecule has 39 heavy (non-hydrogen) atoms. The monoisotopic (exact) mass is 570 g/mol. The van der Waals surface area contributed by atoms with Gasteiger partial charge in [-0.05, 0) is 66.2 Å². The van der Waals surface area contributed by atoms with Gasteiger partial charge in [0.2, 0.25) is 5.91 Å². The van der Waals surface area contributed by atoms with Crippen molar-refractivity contribution in [3.63, 3.8) is 0 Å². The van der Waals surface area contributed by atoms with Crippen LogP contribution in [-0.4, -0.2) is 18.9 Å². The molecule has 0 fully saturated rings. The van der Waals surface area contributed by atoms with Crippen molar-refractivity contribution in [2.24, 2.45) is 0 Å². The molecule has 0 aliphatic heterocycles. The largest absolute Gasteiger partial charge is 0.497 e. The average molecular weight is 571 g/mol. The minimum Gasteiger partial charge on any atom is -0.497 e. The normalized spacial score (nSPS) is 11.9. The first kappa shape index (κ1) is 28.1. The SMILES string of the molecule is COc1ccc(C(=O)Nc2cccc(SC(C(=O)Nc3cc(C(F)(F)F)ccc3Cl)c3ccccc3)c2)cc1. The van der Waals surface area contributed by atoms with Crippen molar-refractivity contribution >= 4 is 46.6 Å². The van der Waals surface area contributed by atoms with Crippen LogP contribution in [0.2, 0.25) is 5.02 Å². The van der Waals surface area contributed by atoms with Gasteiger partial charge in [0.1, 0.15) is 11.0 Å². The molecule has 1 atom stereocenters. The molecule has 200 valence electrons. The van der Waals surface area contributed by atoms with E-state index in [1.165, 1.54) is 18.9 Å². The summed E-state index contributed by atoms with van der Waals surface area (Å²) in [5.74, 6) is -0.252. The second-order valence-electron chi connectivity index (χ2n) is 8.30. The Labute approximate surface area is 232 Å². The van der Waals surface area contributed by atoms with Gasteiger partial charge in [0.15, 0.2) is 0 Å².